The maximum Gasteiger partial charge on any atom is 0.152 e. The average Bonchev–Trinajstić information content (AvgIpc) is 2.15. The normalized spacial score (nSPS) is 10.7. The van der Waals surface area contributed by atoms with Gasteiger partial charge in [0.1, 0.15) is 5.75 Å². The number of benzene rings is 1. The average molecular weight is 204 g/mol. The SMILES string of the molecule is COc1cc(C)c(/C=C/C(C)=O)c(C)c1. The molecule has 2 heteroatoms. The molecule has 80 valence electrons. The maximum absolute atomic E-state index is 10.9. The van der Waals surface area contributed by atoms with E-state index in [4.69, 9.17) is 4.74 Å². The summed E-state index contributed by atoms with van der Waals surface area (Å²) in [6.07, 6.45) is 3.44. The van der Waals surface area contributed by atoms with Crippen LogP contribution in [-0.4, -0.2) is 12.9 Å². The van der Waals surface area contributed by atoms with Crippen molar-refractivity contribution in [3.63, 3.8) is 0 Å². The molecule has 0 spiro atoms. The zero-order chi connectivity index (χ0) is 11.4. The second-order valence-corrected chi connectivity index (χ2v) is 3.62. The Bertz CT molecular complexity index is 380. The molecule has 15 heavy (non-hydrogen) atoms. The smallest absolute Gasteiger partial charge is 0.152 e. The third kappa shape index (κ3) is 2.94. The predicted octanol–water partition coefficient (Wildman–Crippen LogP) is 2.91. The van der Waals surface area contributed by atoms with Crippen molar-refractivity contribution in [3.8, 4) is 5.75 Å². The van der Waals surface area contributed by atoms with Crippen LogP contribution >= 0.6 is 0 Å². The molecule has 0 heterocycles. The van der Waals surface area contributed by atoms with Crippen LogP contribution < -0.4 is 4.74 Å². The summed E-state index contributed by atoms with van der Waals surface area (Å²) in [5.41, 5.74) is 3.32. The first-order valence-electron chi connectivity index (χ1n) is 4.88. The van der Waals surface area contributed by atoms with Crippen molar-refractivity contribution in [2.45, 2.75) is 20.8 Å². The number of aryl methyl sites for hydroxylation is 2. The molecule has 0 aliphatic carbocycles. The number of carbonyl (C=O) groups is 1. The lowest BCUT2D eigenvalue weighted by molar-refractivity contribution is -0.112. The van der Waals surface area contributed by atoms with Gasteiger partial charge in [0.05, 0.1) is 7.11 Å². The second kappa shape index (κ2) is 4.78. The zero-order valence-electron chi connectivity index (χ0n) is 9.63. The highest BCUT2D eigenvalue weighted by molar-refractivity contribution is 5.91. The number of allylic oxidation sites excluding steroid dienone is 1. The molecule has 1 aromatic carbocycles. The fraction of sp³-hybridized carbons (Fsp3) is 0.308. The molecule has 0 fully saturated rings. The summed E-state index contributed by atoms with van der Waals surface area (Å²) in [7, 11) is 1.65. The molecule has 0 N–H and O–H groups in total. The third-order valence-corrected chi connectivity index (χ3v) is 2.29. The third-order valence-electron chi connectivity index (χ3n) is 2.29. The van der Waals surface area contributed by atoms with E-state index in [1.807, 2.05) is 32.1 Å². The minimum atomic E-state index is 0.0598. The highest BCUT2D eigenvalue weighted by Crippen LogP contribution is 2.22. The molecule has 1 aromatic rings. The standard InChI is InChI=1S/C13H16O2/c1-9-7-12(15-4)8-10(2)13(9)6-5-11(3)14/h5-8H,1-4H3/b6-5+. The Balaban J connectivity index is 3.14. The minimum Gasteiger partial charge on any atom is -0.497 e. The molecule has 0 radical (unpaired) electrons. The van der Waals surface area contributed by atoms with Gasteiger partial charge in [-0.05, 0) is 55.7 Å². The molecule has 0 aliphatic rings. The quantitative estimate of drug-likeness (QED) is 0.708. The first kappa shape index (κ1) is 11.5. The van der Waals surface area contributed by atoms with E-state index in [1.54, 1.807) is 20.1 Å². The van der Waals surface area contributed by atoms with Gasteiger partial charge in [0.25, 0.3) is 0 Å². The molecule has 0 unspecified atom stereocenters. The van der Waals surface area contributed by atoms with E-state index in [2.05, 4.69) is 0 Å². The Kier molecular flexibility index (Phi) is 3.67. The Morgan fingerprint density at radius 1 is 1.27 bits per heavy atom. The lowest BCUT2D eigenvalue weighted by Gasteiger charge is -2.08. The highest BCUT2D eigenvalue weighted by atomic mass is 16.5. The number of methoxy groups -OCH3 is 1. The van der Waals surface area contributed by atoms with Crippen LogP contribution in [0.1, 0.15) is 23.6 Å². The molecular weight excluding hydrogens is 188 g/mol. The number of ketones is 1. The van der Waals surface area contributed by atoms with E-state index in [0.29, 0.717) is 0 Å². The summed E-state index contributed by atoms with van der Waals surface area (Å²) >= 11 is 0. The van der Waals surface area contributed by atoms with Crippen molar-refractivity contribution in [3.05, 3.63) is 34.9 Å². The predicted molar refractivity (Wildman–Crippen MR) is 62.2 cm³/mol. The van der Waals surface area contributed by atoms with Crippen molar-refractivity contribution in [2.24, 2.45) is 0 Å². The lowest BCUT2D eigenvalue weighted by Crippen LogP contribution is -1.91. The molecule has 0 saturated heterocycles. The molecule has 0 aliphatic heterocycles. The van der Waals surface area contributed by atoms with Crippen molar-refractivity contribution in [1.29, 1.82) is 0 Å². The van der Waals surface area contributed by atoms with Crippen molar-refractivity contribution in [1.82, 2.24) is 0 Å². The summed E-state index contributed by atoms with van der Waals surface area (Å²) < 4.78 is 5.17. The number of carbonyl (C=O) groups excluding carboxylic acids is 1. The van der Waals surface area contributed by atoms with E-state index in [1.165, 1.54) is 0 Å². The summed E-state index contributed by atoms with van der Waals surface area (Å²) in [4.78, 5) is 10.9. The van der Waals surface area contributed by atoms with Crippen LogP contribution in [-0.2, 0) is 4.79 Å². The number of hydrogen-bond donors (Lipinski definition) is 0. The molecule has 0 atom stereocenters. The lowest BCUT2D eigenvalue weighted by atomic mass is 10.0. The molecule has 0 saturated carbocycles. The maximum atomic E-state index is 10.9. The monoisotopic (exact) mass is 204 g/mol. The second-order valence-electron chi connectivity index (χ2n) is 3.62. The van der Waals surface area contributed by atoms with Crippen LogP contribution in [0.25, 0.3) is 6.08 Å². The van der Waals surface area contributed by atoms with Gasteiger partial charge in [0.15, 0.2) is 5.78 Å². The van der Waals surface area contributed by atoms with Gasteiger partial charge in [-0.25, -0.2) is 0 Å². The number of rotatable bonds is 3. The van der Waals surface area contributed by atoms with Gasteiger partial charge in [0.2, 0.25) is 0 Å². The van der Waals surface area contributed by atoms with Gasteiger partial charge in [-0.1, -0.05) is 6.08 Å². The van der Waals surface area contributed by atoms with Crippen molar-refractivity contribution >= 4 is 11.9 Å². The van der Waals surface area contributed by atoms with Gasteiger partial charge in [0, 0.05) is 0 Å². The first-order valence-corrected chi connectivity index (χ1v) is 4.88. The molecule has 1 rings (SSSR count). The fourth-order valence-electron chi connectivity index (χ4n) is 1.52. The van der Waals surface area contributed by atoms with E-state index >= 15 is 0 Å². The fourth-order valence-corrected chi connectivity index (χ4v) is 1.52. The van der Waals surface area contributed by atoms with E-state index < -0.39 is 0 Å². The van der Waals surface area contributed by atoms with Crippen LogP contribution in [0.2, 0.25) is 0 Å². The molecule has 2 nitrogen and oxygen atoms in total. The highest BCUT2D eigenvalue weighted by Gasteiger charge is 2.02. The molecule has 0 aromatic heterocycles. The van der Waals surface area contributed by atoms with E-state index in [-0.39, 0.29) is 5.78 Å². The minimum absolute atomic E-state index is 0.0598. The summed E-state index contributed by atoms with van der Waals surface area (Å²) in [6, 6.07) is 3.93. The molecule has 0 amide bonds. The molecular formula is C13H16O2. The van der Waals surface area contributed by atoms with Gasteiger partial charge < -0.3 is 4.74 Å². The summed E-state index contributed by atoms with van der Waals surface area (Å²) in [6.45, 7) is 5.56. The number of hydrogen-bond acceptors (Lipinski definition) is 2. The summed E-state index contributed by atoms with van der Waals surface area (Å²) in [5, 5.41) is 0. The van der Waals surface area contributed by atoms with Crippen LogP contribution in [0.3, 0.4) is 0 Å². The van der Waals surface area contributed by atoms with Crippen LogP contribution in [0, 0.1) is 13.8 Å². The van der Waals surface area contributed by atoms with Crippen LogP contribution in [0.5, 0.6) is 5.75 Å². The van der Waals surface area contributed by atoms with Gasteiger partial charge >= 0.3 is 0 Å². The van der Waals surface area contributed by atoms with Crippen molar-refractivity contribution < 1.29 is 9.53 Å². The largest absolute Gasteiger partial charge is 0.497 e. The Morgan fingerprint density at radius 3 is 2.20 bits per heavy atom. The van der Waals surface area contributed by atoms with E-state index in [0.717, 1.165) is 22.4 Å². The van der Waals surface area contributed by atoms with Crippen molar-refractivity contribution in [2.75, 3.05) is 7.11 Å². The van der Waals surface area contributed by atoms with Gasteiger partial charge in [-0.3, -0.25) is 4.79 Å². The Labute approximate surface area is 90.6 Å². The van der Waals surface area contributed by atoms with Crippen LogP contribution in [0.4, 0.5) is 0 Å². The van der Waals surface area contributed by atoms with Gasteiger partial charge in [-0.2, -0.15) is 0 Å². The first-order chi connectivity index (χ1) is 7.04. The molecule has 0 bridgehead atoms. The Morgan fingerprint density at radius 2 is 1.80 bits per heavy atom. The topological polar surface area (TPSA) is 26.3 Å². The van der Waals surface area contributed by atoms with Gasteiger partial charge in [-0.15, -0.1) is 0 Å². The van der Waals surface area contributed by atoms with Crippen LogP contribution in [0.15, 0.2) is 18.2 Å². The summed E-state index contributed by atoms with van der Waals surface area (Å²) in [5.74, 6) is 0.912. The number of ether oxygens (including phenoxy) is 1. The Hall–Kier alpha value is -1.57. The zero-order valence-corrected chi connectivity index (χ0v) is 9.63. The van der Waals surface area contributed by atoms with E-state index in [9.17, 15) is 4.79 Å².